The third-order valence-electron chi connectivity index (χ3n) is 2.75. The zero-order valence-corrected chi connectivity index (χ0v) is 11.2. The number of aliphatic hydroxyl groups is 5. The summed E-state index contributed by atoms with van der Waals surface area (Å²) in [6.07, 6.45) is -8.93. The third-order valence-corrected chi connectivity index (χ3v) is 2.75. The fourth-order valence-electron chi connectivity index (χ4n) is 1.62. The fraction of sp³-hybridized carbons (Fsp3) is 0.818. The number of carboxylic acids is 1. The number of rotatable bonds is 8. The van der Waals surface area contributed by atoms with Crippen molar-refractivity contribution < 1.29 is 40.2 Å². The summed E-state index contributed by atoms with van der Waals surface area (Å²) in [5.41, 5.74) is 0. The standard InChI is InChI=1S/C11H21NO8/c1-4(13)9(17)10(18)8(12-5(2)14)6(15)3-7(16)11(19)20/h4,6-10,13,15-18H,3H2,1-2H3,(H,12,14)(H,19,20)/t4-,6+,7?,8-,9-,10-/m1/s1. The molecule has 0 aromatic heterocycles. The van der Waals surface area contributed by atoms with Gasteiger partial charge in [-0.15, -0.1) is 0 Å². The molecule has 9 heteroatoms. The van der Waals surface area contributed by atoms with Crippen LogP contribution in [-0.4, -0.2) is 79.1 Å². The molecule has 0 aliphatic carbocycles. The second kappa shape index (κ2) is 8.12. The van der Waals surface area contributed by atoms with E-state index in [1.165, 1.54) is 6.92 Å². The van der Waals surface area contributed by atoms with E-state index >= 15 is 0 Å². The molecule has 0 bridgehead atoms. The van der Waals surface area contributed by atoms with Crippen LogP contribution in [0.25, 0.3) is 0 Å². The van der Waals surface area contributed by atoms with Crippen LogP contribution in [0.3, 0.4) is 0 Å². The van der Waals surface area contributed by atoms with E-state index in [2.05, 4.69) is 5.32 Å². The molecule has 0 radical (unpaired) electrons. The molecule has 0 saturated heterocycles. The SMILES string of the molecule is CC(=O)N[C@@H]([C@@H](O)[C@H](O)[C@@H](C)O)[C@@H](O)CC(O)C(=O)O. The highest BCUT2D eigenvalue weighted by Gasteiger charge is 2.36. The van der Waals surface area contributed by atoms with Gasteiger partial charge in [0.1, 0.15) is 12.2 Å². The van der Waals surface area contributed by atoms with Crippen molar-refractivity contribution in [3.05, 3.63) is 0 Å². The molecule has 118 valence electrons. The molecular formula is C11H21NO8. The van der Waals surface area contributed by atoms with Crippen molar-refractivity contribution in [1.29, 1.82) is 0 Å². The van der Waals surface area contributed by atoms with Crippen molar-refractivity contribution >= 4 is 11.9 Å². The van der Waals surface area contributed by atoms with E-state index in [0.717, 1.165) is 6.92 Å². The summed E-state index contributed by atoms with van der Waals surface area (Å²) in [5, 5.41) is 58.1. The second-order valence-electron chi connectivity index (χ2n) is 4.61. The molecule has 1 unspecified atom stereocenters. The number of carbonyl (C=O) groups excluding carboxylic acids is 1. The van der Waals surface area contributed by atoms with Gasteiger partial charge in [-0.3, -0.25) is 4.79 Å². The Kier molecular flexibility index (Phi) is 7.61. The van der Waals surface area contributed by atoms with Crippen LogP contribution in [-0.2, 0) is 9.59 Å². The summed E-state index contributed by atoms with van der Waals surface area (Å²) >= 11 is 0. The van der Waals surface area contributed by atoms with E-state index in [-0.39, 0.29) is 0 Å². The van der Waals surface area contributed by atoms with Crippen LogP contribution in [0.2, 0.25) is 0 Å². The normalized spacial score (nSPS) is 20.4. The Balaban J connectivity index is 4.94. The molecule has 6 atom stereocenters. The van der Waals surface area contributed by atoms with Gasteiger partial charge >= 0.3 is 5.97 Å². The van der Waals surface area contributed by atoms with Crippen molar-refractivity contribution in [3.8, 4) is 0 Å². The molecule has 0 fully saturated rings. The molecule has 0 aromatic carbocycles. The summed E-state index contributed by atoms with van der Waals surface area (Å²) < 4.78 is 0. The summed E-state index contributed by atoms with van der Waals surface area (Å²) in [6, 6.07) is -1.44. The van der Waals surface area contributed by atoms with Crippen LogP contribution >= 0.6 is 0 Å². The average Bonchev–Trinajstić information content (AvgIpc) is 2.33. The van der Waals surface area contributed by atoms with Gasteiger partial charge in [0.25, 0.3) is 0 Å². The van der Waals surface area contributed by atoms with Crippen LogP contribution in [0.15, 0.2) is 0 Å². The Bertz CT molecular complexity index is 334. The molecule has 0 spiro atoms. The monoisotopic (exact) mass is 295 g/mol. The zero-order valence-electron chi connectivity index (χ0n) is 11.2. The van der Waals surface area contributed by atoms with Crippen LogP contribution in [0.1, 0.15) is 20.3 Å². The Labute approximate surface area is 115 Å². The van der Waals surface area contributed by atoms with Crippen molar-refractivity contribution in [1.82, 2.24) is 5.32 Å². The lowest BCUT2D eigenvalue weighted by Crippen LogP contribution is -2.57. The van der Waals surface area contributed by atoms with E-state index in [0.29, 0.717) is 0 Å². The van der Waals surface area contributed by atoms with Gasteiger partial charge in [0.05, 0.1) is 18.2 Å². The van der Waals surface area contributed by atoms with Crippen LogP contribution in [0, 0.1) is 0 Å². The molecule has 7 N–H and O–H groups in total. The van der Waals surface area contributed by atoms with Crippen LogP contribution in [0.5, 0.6) is 0 Å². The van der Waals surface area contributed by atoms with Gasteiger partial charge in [0.2, 0.25) is 5.91 Å². The maximum Gasteiger partial charge on any atom is 0.332 e. The molecule has 0 saturated carbocycles. The number of carbonyl (C=O) groups is 2. The maximum absolute atomic E-state index is 11.0. The topological polar surface area (TPSA) is 168 Å². The lowest BCUT2D eigenvalue weighted by atomic mass is 9.94. The number of aliphatic carboxylic acids is 1. The van der Waals surface area contributed by atoms with Crippen molar-refractivity contribution in [2.75, 3.05) is 0 Å². The van der Waals surface area contributed by atoms with Gasteiger partial charge in [-0.2, -0.15) is 0 Å². The molecule has 0 aliphatic heterocycles. The van der Waals surface area contributed by atoms with Gasteiger partial charge in [-0.25, -0.2) is 4.79 Å². The zero-order chi connectivity index (χ0) is 16.0. The van der Waals surface area contributed by atoms with E-state index in [4.69, 9.17) is 10.2 Å². The Morgan fingerprint density at radius 3 is 1.90 bits per heavy atom. The van der Waals surface area contributed by atoms with Gasteiger partial charge in [-0.1, -0.05) is 0 Å². The minimum Gasteiger partial charge on any atom is -0.479 e. The van der Waals surface area contributed by atoms with Crippen LogP contribution in [0.4, 0.5) is 0 Å². The van der Waals surface area contributed by atoms with Crippen LogP contribution < -0.4 is 5.32 Å². The largest absolute Gasteiger partial charge is 0.479 e. The van der Waals surface area contributed by atoms with E-state index < -0.39 is 54.9 Å². The number of nitrogens with one attached hydrogen (secondary N) is 1. The molecule has 9 nitrogen and oxygen atoms in total. The smallest absolute Gasteiger partial charge is 0.332 e. The highest BCUT2D eigenvalue weighted by Crippen LogP contribution is 2.12. The molecule has 0 rings (SSSR count). The van der Waals surface area contributed by atoms with Gasteiger partial charge in [-0.05, 0) is 6.92 Å². The maximum atomic E-state index is 11.0. The predicted octanol–water partition coefficient (Wildman–Crippen LogP) is -3.21. The molecule has 0 aromatic rings. The molecule has 0 aliphatic rings. The number of amides is 1. The highest BCUT2D eigenvalue weighted by molar-refractivity contribution is 5.73. The Morgan fingerprint density at radius 2 is 1.55 bits per heavy atom. The molecule has 0 heterocycles. The number of aliphatic hydroxyl groups excluding tert-OH is 5. The second-order valence-corrected chi connectivity index (χ2v) is 4.61. The van der Waals surface area contributed by atoms with E-state index in [1.54, 1.807) is 0 Å². The van der Waals surface area contributed by atoms with Crippen molar-refractivity contribution in [2.24, 2.45) is 0 Å². The number of hydrogen-bond acceptors (Lipinski definition) is 7. The first-order valence-corrected chi connectivity index (χ1v) is 5.98. The van der Waals surface area contributed by atoms with Gasteiger partial charge < -0.3 is 36.0 Å². The summed E-state index contributed by atoms with van der Waals surface area (Å²) in [7, 11) is 0. The first-order chi connectivity index (χ1) is 9.07. The summed E-state index contributed by atoms with van der Waals surface area (Å²) in [5.74, 6) is -2.22. The Morgan fingerprint density at radius 1 is 1.05 bits per heavy atom. The lowest BCUT2D eigenvalue weighted by Gasteiger charge is -2.32. The molecule has 20 heavy (non-hydrogen) atoms. The highest BCUT2D eigenvalue weighted by atomic mass is 16.4. The van der Waals surface area contributed by atoms with Gasteiger partial charge in [0, 0.05) is 13.3 Å². The minimum atomic E-state index is -1.89. The third kappa shape index (κ3) is 5.80. The van der Waals surface area contributed by atoms with E-state index in [9.17, 15) is 30.0 Å². The predicted molar refractivity (Wildman–Crippen MR) is 65.6 cm³/mol. The van der Waals surface area contributed by atoms with E-state index in [1.807, 2.05) is 0 Å². The van der Waals surface area contributed by atoms with Crippen molar-refractivity contribution in [2.45, 2.75) is 56.8 Å². The summed E-state index contributed by atoms with van der Waals surface area (Å²) in [6.45, 7) is 2.28. The Hall–Kier alpha value is -1.26. The fourth-order valence-corrected chi connectivity index (χ4v) is 1.62. The first kappa shape index (κ1) is 18.7. The quantitative estimate of drug-likeness (QED) is 0.245. The number of carboxylic acid groups (broad SMARTS) is 1. The minimum absolute atomic E-state index is 0.643. The first-order valence-electron chi connectivity index (χ1n) is 5.98. The van der Waals surface area contributed by atoms with Gasteiger partial charge in [0.15, 0.2) is 6.10 Å². The van der Waals surface area contributed by atoms with Crippen molar-refractivity contribution in [3.63, 3.8) is 0 Å². The lowest BCUT2D eigenvalue weighted by molar-refractivity contribution is -0.149. The average molecular weight is 295 g/mol. The molecule has 1 amide bonds. The number of hydrogen-bond donors (Lipinski definition) is 7. The molecular weight excluding hydrogens is 274 g/mol. The summed E-state index contributed by atoms with van der Waals surface area (Å²) in [4.78, 5) is 21.5.